The monoisotopic (exact) mass is 857 g/mol. The molecule has 9 rings (SSSR count). The third kappa shape index (κ3) is 7.81. The van der Waals surface area contributed by atoms with E-state index in [2.05, 4.69) is 42.5 Å². The summed E-state index contributed by atoms with van der Waals surface area (Å²) in [4.78, 5) is 56.4. The number of aromatic amines is 1. The van der Waals surface area contributed by atoms with Gasteiger partial charge in [-0.05, 0) is 61.9 Å². The summed E-state index contributed by atoms with van der Waals surface area (Å²) in [5.74, 6) is -0.395. The topological polar surface area (TPSA) is 194 Å². The average Bonchev–Trinajstić information content (AvgIpc) is 4.09. The molecule has 0 radical (unpaired) electrons. The molecule has 16 heteroatoms. The molecule has 322 valence electrons. The van der Waals surface area contributed by atoms with Gasteiger partial charge < -0.3 is 39.7 Å². The minimum atomic E-state index is -0.826. The summed E-state index contributed by atoms with van der Waals surface area (Å²) in [6.45, 7) is 10.0. The van der Waals surface area contributed by atoms with Crippen LogP contribution < -0.4 is 10.2 Å². The van der Waals surface area contributed by atoms with E-state index in [0.717, 1.165) is 38.3 Å². The van der Waals surface area contributed by atoms with Crippen LogP contribution in [0, 0.1) is 18.8 Å². The Kier molecular flexibility index (Phi) is 11.3. The van der Waals surface area contributed by atoms with Gasteiger partial charge >= 0.3 is 0 Å². The number of benzene rings is 2. The van der Waals surface area contributed by atoms with Gasteiger partial charge in [0.2, 0.25) is 17.7 Å². The van der Waals surface area contributed by atoms with E-state index in [0.29, 0.717) is 67.4 Å². The van der Waals surface area contributed by atoms with Gasteiger partial charge in [0.15, 0.2) is 17.2 Å². The minimum absolute atomic E-state index is 0.0518. The molecule has 3 aliphatic rings. The van der Waals surface area contributed by atoms with Crippen molar-refractivity contribution >= 4 is 45.9 Å². The Morgan fingerprint density at radius 2 is 1.79 bits per heavy atom. The Morgan fingerprint density at radius 3 is 2.52 bits per heavy atom. The van der Waals surface area contributed by atoms with Crippen LogP contribution in [0.2, 0.25) is 0 Å². The smallest absolute Gasteiger partial charge is 0.243 e. The molecule has 2 fully saturated rings. The van der Waals surface area contributed by atoms with Gasteiger partial charge in [0.05, 0.1) is 33.9 Å². The molecule has 4 aromatic heterocycles. The molecule has 0 bridgehead atoms. The van der Waals surface area contributed by atoms with Crippen LogP contribution in [0.15, 0.2) is 70.7 Å². The highest BCUT2D eigenvalue weighted by molar-refractivity contribution is 7.13. The van der Waals surface area contributed by atoms with E-state index >= 15 is 0 Å². The standard InChI is InChI=1S/C46H51N9O6S/c1-25(2)40(46(60)55-23-31(56)19-36(55)44(58)47-22-28-9-11-29(12-10-28)42-26(3)48-24-62-42)38-21-39(52-61-38)53-16-13-30(14-17-53)45(59)54-18-15-34-41(27(54)4)33-20-35(50-51-43(33)49-34)32-7-5-6-8-37(32)57/h5-12,20-21,24-25,27,30-31,36,40,56-57H,13-19,22-23H2,1-4H3,(H,47,58)(H,49,51)/t27-,31-,36+,40-/m1/s1. The molecule has 2 saturated heterocycles. The fourth-order valence-corrected chi connectivity index (χ4v) is 10.3. The lowest BCUT2D eigenvalue weighted by atomic mass is 9.90. The molecule has 15 nitrogen and oxygen atoms in total. The number of para-hydroxylation sites is 1. The van der Waals surface area contributed by atoms with Crippen LogP contribution >= 0.6 is 11.3 Å². The highest BCUT2D eigenvalue weighted by Gasteiger charge is 2.44. The first-order valence-electron chi connectivity index (χ1n) is 21.4. The van der Waals surface area contributed by atoms with E-state index in [-0.39, 0.29) is 60.9 Å². The quantitative estimate of drug-likeness (QED) is 0.124. The van der Waals surface area contributed by atoms with Crippen LogP contribution in [0.5, 0.6) is 5.75 Å². The van der Waals surface area contributed by atoms with Crippen LogP contribution in [0.3, 0.4) is 0 Å². The van der Waals surface area contributed by atoms with Crippen LogP contribution in [-0.2, 0) is 27.3 Å². The molecule has 7 heterocycles. The van der Waals surface area contributed by atoms with Crippen LogP contribution in [0.25, 0.3) is 32.7 Å². The summed E-state index contributed by atoms with van der Waals surface area (Å²) in [7, 11) is 0. The summed E-state index contributed by atoms with van der Waals surface area (Å²) < 4.78 is 5.87. The van der Waals surface area contributed by atoms with Crippen molar-refractivity contribution in [3.8, 4) is 27.4 Å². The van der Waals surface area contributed by atoms with E-state index in [4.69, 9.17) is 4.52 Å². The molecule has 4 atom stereocenters. The van der Waals surface area contributed by atoms with Gasteiger partial charge in [-0.3, -0.25) is 14.4 Å². The third-order valence-electron chi connectivity index (χ3n) is 12.8. The zero-order valence-electron chi connectivity index (χ0n) is 35.2. The molecular formula is C46H51N9O6S. The number of hydrogen-bond acceptors (Lipinski definition) is 12. The number of aromatic hydroxyl groups is 1. The number of phenols is 1. The number of hydrogen-bond donors (Lipinski definition) is 4. The summed E-state index contributed by atoms with van der Waals surface area (Å²) >= 11 is 1.59. The molecule has 6 aromatic rings. The highest BCUT2D eigenvalue weighted by atomic mass is 32.1. The first kappa shape index (κ1) is 41.2. The lowest BCUT2D eigenvalue weighted by Crippen LogP contribution is -2.48. The molecule has 4 N–H and O–H groups in total. The number of anilines is 1. The summed E-state index contributed by atoms with van der Waals surface area (Å²) in [6.07, 6.45) is 1.27. The molecule has 0 spiro atoms. The molecular weight excluding hydrogens is 807 g/mol. The Hall–Kier alpha value is -6.13. The zero-order chi connectivity index (χ0) is 43.2. The number of β-amino-alcohol motifs (C(OH)–C–C–N with tert-alkyl or cyclic N) is 1. The molecule has 0 unspecified atom stereocenters. The summed E-state index contributed by atoms with van der Waals surface area (Å²) in [6, 6.07) is 17.8. The predicted octanol–water partition coefficient (Wildman–Crippen LogP) is 6.13. The molecule has 62 heavy (non-hydrogen) atoms. The van der Waals surface area contributed by atoms with Crippen molar-refractivity contribution in [1.29, 1.82) is 0 Å². The van der Waals surface area contributed by atoms with Gasteiger partial charge in [-0.25, -0.2) is 4.98 Å². The van der Waals surface area contributed by atoms with E-state index in [1.165, 1.54) is 4.90 Å². The van der Waals surface area contributed by atoms with Gasteiger partial charge in [0, 0.05) is 79.8 Å². The van der Waals surface area contributed by atoms with Crippen LogP contribution in [0.4, 0.5) is 5.82 Å². The molecule has 0 aliphatic carbocycles. The first-order chi connectivity index (χ1) is 29.9. The lowest BCUT2D eigenvalue weighted by molar-refractivity contribution is -0.141. The normalized spacial score (nSPS) is 19.9. The van der Waals surface area contributed by atoms with Crippen molar-refractivity contribution in [2.24, 2.45) is 11.8 Å². The van der Waals surface area contributed by atoms with Gasteiger partial charge in [-0.1, -0.05) is 55.4 Å². The number of rotatable bonds is 10. The number of phenolic OH excluding ortho intramolecular Hbond substituents is 1. The van der Waals surface area contributed by atoms with Gasteiger partial charge in [-0.15, -0.1) is 21.5 Å². The number of aliphatic hydroxyl groups excluding tert-OH is 1. The number of piperidine rings is 1. The van der Waals surface area contributed by atoms with Crippen molar-refractivity contribution in [2.75, 3.05) is 31.1 Å². The van der Waals surface area contributed by atoms with Crippen molar-refractivity contribution < 1.29 is 29.1 Å². The third-order valence-corrected chi connectivity index (χ3v) is 13.8. The fraction of sp³-hybridized carbons (Fsp3) is 0.413. The number of aliphatic hydroxyl groups is 1. The van der Waals surface area contributed by atoms with E-state index in [9.17, 15) is 24.6 Å². The number of aromatic nitrogens is 5. The molecule has 0 saturated carbocycles. The SMILES string of the molecule is Cc1ncsc1-c1ccc(CNC(=O)[C@@H]2C[C@@H](O)CN2C(=O)[C@@H](c2cc(N3CCC(C(=O)N4CCc5[nH]c6nnc(-c7ccccc7O)cc6c5[C@H]4C)CC3)no2)C(C)C)cc1. The number of amides is 3. The highest BCUT2D eigenvalue weighted by Crippen LogP contribution is 2.39. The number of nitrogens with one attached hydrogen (secondary N) is 2. The van der Waals surface area contributed by atoms with Gasteiger partial charge in [0.25, 0.3) is 0 Å². The van der Waals surface area contributed by atoms with Gasteiger partial charge in [0.1, 0.15) is 17.7 Å². The number of fused-ring (bicyclic) bond motifs is 3. The maximum Gasteiger partial charge on any atom is 0.243 e. The number of H-pyrrole nitrogens is 1. The van der Waals surface area contributed by atoms with Crippen molar-refractivity contribution in [1.82, 2.24) is 40.4 Å². The van der Waals surface area contributed by atoms with E-state index in [1.807, 2.05) is 73.6 Å². The second-order valence-electron chi connectivity index (χ2n) is 17.1. The van der Waals surface area contributed by atoms with Crippen molar-refractivity contribution in [2.45, 2.75) is 84.0 Å². The Morgan fingerprint density at radius 1 is 1.02 bits per heavy atom. The largest absolute Gasteiger partial charge is 0.507 e. The number of carbonyl (C=O) groups is 3. The second-order valence-corrected chi connectivity index (χ2v) is 18.0. The second kappa shape index (κ2) is 17.0. The Balaban J connectivity index is 0.825. The summed E-state index contributed by atoms with van der Waals surface area (Å²) in [5, 5.41) is 38.2. The fourth-order valence-electron chi connectivity index (χ4n) is 9.49. The maximum atomic E-state index is 14.3. The van der Waals surface area contributed by atoms with Crippen molar-refractivity contribution in [3.63, 3.8) is 0 Å². The zero-order valence-corrected chi connectivity index (χ0v) is 36.1. The molecule has 3 aliphatic heterocycles. The minimum Gasteiger partial charge on any atom is -0.507 e. The van der Waals surface area contributed by atoms with E-state index < -0.39 is 18.1 Å². The number of aryl methyl sites for hydroxylation is 1. The Bertz CT molecular complexity index is 2610. The maximum absolute atomic E-state index is 14.3. The van der Waals surface area contributed by atoms with Crippen LogP contribution in [-0.4, -0.2) is 101 Å². The van der Waals surface area contributed by atoms with Gasteiger partial charge in [-0.2, -0.15) is 0 Å². The van der Waals surface area contributed by atoms with Crippen LogP contribution in [0.1, 0.15) is 80.3 Å². The van der Waals surface area contributed by atoms with Crippen molar-refractivity contribution in [3.05, 3.63) is 94.4 Å². The number of likely N-dealkylation sites (tertiary alicyclic amines) is 1. The first-order valence-corrected chi connectivity index (χ1v) is 22.3. The average molecular weight is 858 g/mol. The Labute approximate surface area is 363 Å². The predicted molar refractivity (Wildman–Crippen MR) is 234 cm³/mol. The molecule has 2 aromatic carbocycles. The molecule has 3 amide bonds. The lowest BCUT2D eigenvalue weighted by Gasteiger charge is -2.38. The number of carbonyl (C=O) groups excluding carboxylic acids is 3. The number of thiazole rings is 1. The number of nitrogens with zero attached hydrogens (tertiary/aromatic N) is 7. The van der Waals surface area contributed by atoms with E-state index in [1.54, 1.807) is 29.5 Å². The summed E-state index contributed by atoms with van der Waals surface area (Å²) in [5.41, 5.74) is 8.71.